The highest BCUT2D eigenvalue weighted by molar-refractivity contribution is 9.11. The molecule has 0 aliphatic carbocycles. The van der Waals surface area contributed by atoms with Gasteiger partial charge >= 0.3 is 6.18 Å². The molecule has 108 valence electrons. The van der Waals surface area contributed by atoms with Gasteiger partial charge in [-0.1, -0.05) is 31.9 Å². The van der Waals surface area contributed by atoms with E-state index >= 15 is 0 Å². The second-order valence-corrected chi connectivity index (χ2v) is 6.30. The fraction of sp³-hybridized carbons (Fsp3) is 0.0714. The van der Waals surface area contributed by atoms with Gasteiger partial charge in [-0.25, -0.2) is 4.98 Å². The lowest BCUT2D eigenvalue weighted by molar-refractivity contribution is -0.137. The summed E-state index contributed by atoms with van der Waals surface area (Å²) in [7, 11) is 0. The second-order valence-electron chi connectivity index (χ2n) is 4.47. The minimum atomic E-state index is -4.36. The lowest BCUT2D eigenvalue weighted by Gasteiger charge is -2.05. The first kappa shape index (κ1) is 14.6. The Labute approximate surface area is 134 Å². The molecule has 0 saturated carbocycles. The van der Waals surface area contributed by atoms with Crippen molar-refractivity contribution in [1.29, 1.82) is 0 Å². The molecule has 21 heavy (non-hydrogen) atoms. The molecule has 0 spiro atoms. The molecule has 1 heterocycles. The highest BCUT2D eigenvalue weighted by atomic mass is 79.9. The standard InChI is InChI=1S/C14H7Br2F3N2/c15-9-3-7(4-10(16)6-9)13-20-11-2-1-8(14(17,18)19)5-12(11)21-13/h1-6H,(H,20,21). The van der Waals surface area contributed by atoms with Gasteiger partial charge in [0.05, 0.1) is 16.6 Å². The van der Waals surface area contributed by atoms with Crippen molar-refractivity contribution in [3.05, 3.63) is 50.9 Å². The van der Waals surface area contributed by atoms with E-state index in [1.54, 1.807) is 0 Å². The molecule has 3 aromatic rings. The summed E-state index contributed by atoms with van der Waals surface area (Å²) in [6, 6.07) is 9.02. The van der Waals surface area contributed by atoms with Gasteiger partial charge in [-0.3, -0.25) is 0 Å². The van der Waals surface area contributed by atoms with E-state index in [9.17, 15) is 13.2 Å². The summed E-state index contributed by atoms with van der Waals surface area (Å²) in [5.41, 5.74) is 0.937. The number of H-pyrrole nitrogens is 1. The molecular weight excluding hydrogens is 413 g/mol. The van der Waals surface area contributed by atoms with E-state index in [0.29, 0.717) is 16.9 Å². The van der Waals surface area contributed by atoms with Crippen molar-refractivity contribution in [2.45, 2.75) is 6.18 Å². The zero-order valence-electron chi connectivity index (χ0n) is 10.3. The summed E-state index contributed by atoms with van der Waals surface area (Å²) >= 11 is 6.74. The van der Waals surface area contributed by atoms with Gasteiger partial charge < -0.3 is 4.98 Å². The molecule has 2 nitrogen and oxygen atoms in total. The Balaban J connectivity index is 2.13. The Kier molecular flexibility index (Phi) is 3.57. The van der Waals surface area contributed by atoms with Crippen molar-refractivity contribution in [2.75, 3.05) is 0 Å². The van der Waals surface area contributed by atoms with Crippen molar-refractivity contribution in [2.24, 2.45) is 0 Å². The van der Waals surface area contributed by atoms with Crippen LogP contribution in [0.4, 0.5) is 13.2 Å². The second kappa shape index (κ2) is 5.14. The molecule has 7 heteroatoms. The van der Waals surface area contributed by atoms with Crippen molar-refractivity contribution < 1.29 is 13.2 Å². The summed E-state index contributed by atoms with van der Waals surface area (Å²) < 4.78 is 39.8. The van der Waals surface area contributed by atoms with Crippen molar-refractivity contribution >= 4 is 42.9 Å². The van der Waals surface area contributed by atoms with Crippen molar-refractivity contribution in [3.8, 4) is 11.4 Å². The third-order valence-corrected chi connectivity index (χ3v) is 3.86. The van der Waals surface area contributed by atoms with Crippen LogP contribution in [0.5, 0.6) is 0 Å². The molecular formula is C14H7Br2F3N2. The number of imidazole rings is 1. The van der Waals surface area contributed by atoms with Gasteiger partial charge in [0.1, 0.15) is 5.82 Å². The summed E-state index contributed by atoms with van der Waals surface area (Å²) in [5.74, 6) is 0.520. The van der Waals surface area contributed by atoms with E-state index in [-0.39, 0.29) is 0 Å². The maximum Gasteiger partial charge on any atom is 0.416 e. The third-order valence-electron chi connectivity index (χ3n) is 2.95. The minimum absolute atomic E-state index is 0.357. The van der Waals surface area contributed by atoms with E-state index in [1.165, 1.54) is 6.07 Å². The molecule has 0 aliphatic heterocycles. The van der Waals surface area contributed by atoms with Gasteiger partial charge in [-0.05, 0) is 36.4 Å². The van der Waals surface area contributed by atoms with Crippen LogP contribution >= 0.6 is 31.9 Å². The Bertz CT molecular complexity index is 804. The number of fused-ring (bicyclic) bond motifs is 1. The Hall–Kier alpha value is -1.34. The first-order valence-corrected chi connectivity index (χ1v) is 7.45. The minimum Gasteiger partial charge on any atom is -0.338 e. The number of hydrogen-bond donors (Lipinski definition) is 1. The monoisotopic (exact) mass is 418 g/mol. The molecule has 0 saturated heterocycles. The number of halogens is 5. The lowest BCUT2D eigenvalue weighted by atomic mass is 10.2. The molecule has 0 fully saturated rings. The van der Waals surface area contributed by atoms with Crippen LogP contribution in [0.2, 0.25) is 0 Å². The molecule has 2 aromatic carbocycles. The van der Waals surface area contributed by atoms with Gasteiger partial charge in [0, 0.05) is 14.5 Å². The van der Waals surface area contributed by atoms with Crippen molar-refractivity contribution in [1.82, 2.24) is 9.97 Å². The molecule has 3 rings (SSSR count). The van der Waals surface area contributed by atoms with E-state index < -0.39 is 11.7 Å². The first-order valence-electron chi connectivity index (χ1n) is 5.86. The molecule has 0 aliphatic rings. The smallest absolute Gasteiger partial charge is 0.338 e. The zero-order valence-corrected chi connectivity index (χ0v) is 13.5. The first-order chi connectivity index (χ1) is 9.83. The summed E-state index contributed by atoms with van der Waals surface area (Å²) in [6.07, 6.45) is -4.36. The van der Waals surface area contributed by atoms with Crippen LogP contribution in [0.25, 0.3) is 22.4 Å². The zero-order chi connectivity index (χ0) is 15.2. The van der Waals surface area contributed by atoms with E-state index in [2.05, 4.69) is 41.8 Å². The highest BCUT2D eigenvalue weighted by Crippen LogP contribution is 2.32. The van der Waals surface area contributed by atoms with E-state index in [4.69, 9.17) is 0 Å². The van der Waals surface area contributed by atoms with Crippen molar-refractivity contribution in [3.63, 3.8) is 0 Å². The average molecular weight is 420 g/mol. The fourth-order valence-corrected chi connectivity index (χ4v) is 3.31. The SMILES string of the molecule is FC(F)(F)c1ccc2nc(-c3cc(Br)cc(Br)c3)[nH]c2c1. The summed E-state index contributed by atoms with van der Waals surface area (Å²) in [5, 5.41) is 0. The summed E-state index contributed by atoms with van der Waals surface area (Å²) in [4.78, 5) is 7.25. The predicted molar refractivity (Wildman–Crippen MR) is 81.9 cm³/mol. The number of benzene rings is 2. The molecule has 1 N–H and O–H groups in total. The largest absolute Gasteiger partial charge is 0.416 e. The quantitative estimate of drug-likeness (QED) is 0.532. The van der Waals surface area contributed by atoms with Crippen LogP contribution in [0.3, 0.4) is 0 Å². The number of hydrogen-bond acceptors (Lipinski definition) is 1. The van der Waals surface area contributed by atoms with Crippen LogP contribution in [0.1, 0.15) is 5.56 Å². The van der Waals surface area contributed by atoms with Crippen LogP contribution in [0, 0.1) is 0 Å². The number of nitrogens with zero attached hydrogens (tertiary/aromatic N) is 1. The number of aromatic nitrogens is 2. The van der Waals surface area contributed by atoms with Gasteiger partial charge in [-0.2, -0.15) is 13.2 Å². The van der Waals surface area contributed by atoms with E-state index in [0.717, 1.165) is 26.6 Å². The van der Waals surface area contributed by atoms with Crippen LogP contribution in [-0.2, 0) is 6.18 Å². The summed E-state index contributed by atoms with van der Waals surface area (Å²) in [6.45, 7) is 0. The average Bonchev–Trinajstić information content (AvgIpc) is 2.79. The lowest BCUT2D eigenvalue weighted by Crippen LogP contribution is -2.04. The Morgan fingerprint density at radius 2 is 1.62 bits per heavy atom. The topological polar surface area (TPSA) is 28.7 Å². The maximum atomic E-state index is 12.7. The Morgan fingerprint density at radius 3 is 2.24 bits per heavy atom. The van der Waals surface area contributed by atoms with Crippen LogP contribution in [-0.4, -0.2) is 9.97 Å². The van der Waals surface area contributed by atoms with Gasteiger partial charge in [-0.15, -0.1) is 0 Å². The van der Waals surface area contributed by atoms with Gasteiger partial charge in [0.2, 0.25) is 0 Å². The number of aromatic amines is 1. The normalized spacial score (nSPS) is 12.0. The number of nitrogens with one attached hydrogen (secondary N) is 1. The molecule has 1 aromatic heterocycles. The molecule has 0 unspecified atom stereocenters. The number of rotatable bonds is 1. The molecule has 0 atom stereocenters. The highest BCUT2D eigenvalue weighted by Gasteiger charge is 2.30. The van der Waals surface area contributed by atoms with Gasteiger partial charge in [0.25, 0.3) is 0 Å². The van der Waals surface area contributed by atoms with Crippen LogP contribution in [0.15, 0.2) is 45.3 Å². The molecule has 0 radical (unpaired) electrons. The Morgan fingerprint density at radius 1 is 0.952 bits per heavy atom. The third kappa shape index (κ3) is 2.98. The number of alkyl halides is 3. The van der Waals surface area contributed by atoms with E-state index in [1.807, 2.05) is 18.2 Å². The fourth-order valence-electron chi connectivity index (χ4n) is 2.01. The van der Waals surface area contributed by atoms with Gasteiger partial charge in [0.15, 0.2) is 0 Å². The molecule has 0 bridgehead atoms. The van der Waals surface area contributed by atoms with Crippen LogP contribution < -0.4 is 0 Å². The maximum absolute atomic E-state index is 12.7. The predicted octanol–water partition coefficient (Wildman–Crippen LogP) is 5.77. The molecule has 0 amide bonds.